The molecule has 2 bridgehead atoms. The molecule has 2 aliphatic heterocycles. The van der Waals surface area contributed by atoms with E-state index in [0.717, 1.165) is 5.56 Å². The fraction of sp³-hybridized carbons (Fsp3) is 0.394. The number of piperazine rings is 1. The van der Waals surface area contributed by atoms with E-state index in [1.807, 2.05) is 54.6 Å². The molecule has 2 N–H and O–H groups in total. The third-order valence-electron chi connectivity index (χ3n) is 8.43. The molecule has 47 heavy (non-hydrogen) atoms. The first kappa shape index (κ1) is 31.6. The number of para-hydroxylation sites is 2. The first-order valence-electron chi connectivity index (χ1n) is 15.8. The van der Waals surface area contributed by atoms with Gasteiger partial charge < -0.3 is 25.2 Å². The van der Waals surface area contributed by atoms with Crippen LogP contribution >= 0.6 is 0 Å². The van der Waals surface area contributed by atoms with E-state index < -0.39 is 18.0 Å². The summed E-state index contributed by atoms with van der Waals surface area (Å²) in [6.45, 7) is 0.925. The van der Waals surface area contributed by atoms with Crippen molar-refractivity contribution in [2.45, 2.75) is 57.3 Å². The van der Waals surface area contributed by atoms with Gasteiger partial charge >= 0.3 is 0 Å². The van der Waals surface area contributed by atoms with Crippen LogP contribution < -0.4 is 15.4 Å². The Balaban J connectivity index is 1.22. The third-order valence-corrected chi connectivity index (χ3v) is 8.43. The van der Waals surface area contributed by atoms with E-state index in [1.54, 1.807) is 15.8 Å². The second kappa shape index (κ2) is 14.4. The predicted octanol–water partition coefficient (Wildman–Crippen LogP) is 1.04. The molecule has 4 aromatic rings. The van der Waals surface area contributed by atoms with Crippen molar-refractivity contribution in [3.8, 4) is 5.88 Å². The quantitative estimate of drug-likeness (QED) is 0.314. The second-order valence-corrected chi connectivity index (χ2v) is 11.7. The molecular formula is C33H37N9O5. The van der Waals surface area contributed by atoms with E-state index in [-0.39, 0.29) is 69.6 Å². The van der Waals surface area contributed by atoms with Gasteiger partial charge in [-0.2, -0.15) is 0 Å². The Morgan fingerprint density at radius 1 is 0.979 bits per heavy atom. The summed E-state index contributed by atoms with van der Waals surface area (Å²) < 4.78 is 7.08. The molecule has 2 aliphatic rings. The fourth-order valence-corrected chi connectivity index (χ4v) is 5.97. The van der Waals surface area contributed by atoms with Gasteiger partial charge in [0.05, 0.1) is 37.4 Å². The molecule has 6 rings (SSSR count). The fourth-order valence-electron chi connectivity index (χ4n) is 5.97. The number of amides is 4. The smallest absolute Gasteiger partial charge is 0.246 e. The minimum atomic E-state index is -0.981. The molecule has 0 unspecified atom stereocenters. The van der Waals surface area contributed by atoms with Gasteiger partial charge in [-0.25, -0.2) is 9.97 Å². The maximum atomic E-state index is 14.2. The van der Waals surface area contributed by atoms with Crippen LogP contribution in [0.2, 0.25) is 0 Å². The third kappa shape index (κ3) is 7.54. The van der Waals surface area contributed by atoms with E-state index in [1.165, 1.54) is 12.0 Å². The summed E-state index contributed by atoms with van der Waals surface area (Å²) in [5.41, 5.74) is 3.38. The average molecular weight is 640 g/mol. The number of carbonyl (C=O) groups is 4. The molecule has 14 heteroatoms. The maximum absolute atomic E-state index is 14.2. The number of benzene rings is 2. The van der Waals surface area contributed by atoms with Crippen molar-refractivity contribution in [1.29, 1.82) is 0 Å². The number of aryl methyl sites for hydroxylation is 2. The molecule has 14 nitrogen and oxygen atoms in total. The summed E-state index contributed by atoms with van der Waals surface area (Å²) in [5, 5.41) is 14.0. The van der Waals surface area contributed by atoms with Crippen molar-refractivity contribution in [2.75, 3.05) is 26.7 Å². The van der Waals surface area contributed by atoms with Crippen molar-refractivity contribution in [3.05, 3.63) is 77.7 Å². The SMILES string of the molecule is COc1nc2ccccc2nc1CCC(=O)N1CCN2C(=O)[C@H](Cc3ccccc3)NC(=O)CCCn3cc(nn3)CNC(=O)[C@H]2C1. The Hall–Kier alpha value is -5.40. The highest BCUT2D eigenvalue weighted by atomic mass is 16.5. The number of nitrogens with zero attached hydrogens (tertiary/aromatic N) is 7. The molecule has 1 saturated heterocycles. The van der Waals surface area contributed by atoms with Crippen LogP contribution in [0.5, 0.6) is 5.88 Å². The molecule has 0 aliphatic carbocycles. The van der Waals surface area contributed by atoms with Crippen LogP contribution in [0.15, 0.2) is 60.8 Å². The first-order chi connectivity index (χ1) is 22.9. The summed E-state index contributed by atoms with van der Waals surface area (Å²) in [7, 11) is 1.52. The molecule has 2 atom stereocenters. The number of carbonyl (C=O) groups excluding carboxylic acids is 4. The summed E-state index contributed by atoms with van der Waals surface area (Å²) in [6, 6.07) is 15.0. The van der Waals surface area contributed by atoms with E-state index in [2.05, 4.69) is 30.9 Å². The van der Waals surface area contributed by atoms with Crippen LogP contribution in [0.3, 0.4) is 0 Å². The van der Waals surface area contributed by atoms with Crippen molar-refractivity contribution in [2.24, 2.45) is 0 Å². The lowest BCUT2D eigenvalue weighted by molar-refractivity contribution is -0.150. The number of hydrogen-bond acceptors (Lipinski definition) is 9. The molecule has 2 aromatic carbocycles. The molecule has 2 aromatic heterocycles. The van der Waals surface area contributed by atoms with Gasteiger partial charge in [-0.3, -0.25) is 23.9 Å². The van der Waals surface area contributed by atoms with Gasteiger partial charge in [0.1, 0.15) is 23.5 Å². The molecule has 0 radical (unpaired) electrons. The van der Waals surface area contributed by atoms with Crippen LogP contribution in [-0.4, -0.2) is 97.2 Å². The number of methoxy groups -OCH3 is 1. The van der Waals surface area contributed by atoms with Crippen molar-refractivity contribution < 1.29 is 23.9 Å². The first-order valence-corrected chi connectivity index (χ1v) is 15.8. The summed E-state index contributed by atoms with van der Waals surface area (Å²) in [6.07, 6.45) is 3.09. The molecule has 244 valence electrons. The average Bonchev–Trinajstić information content (AvgIpc) is 3.55. The minimum Gasteiger partial charge on any atom is -0.480 e. The Kier molecular flexibility index (Phi) is 9.64. The van der Waals surface area contributed by atoms with E-state index in [9.17, 15) is 19.2 Å². The Bertz CT molecular complexity index is 1760. The van der Waals surface area contributed by atoms with Crippen LogP contribution in [0, 0.1) is 0 Å². The van der Waals surface area contributed by atoms with Crippen molar-refractivity contribution in [1.82, 2.24) is 45.4 Å². The highest BCUT2D eigenvalue weighted by Crippen LogP contribution is 2.21. The monoisotopic (exact) mass is 639 g/mol. The predicted molar refractivity (Wildman–Crippen MR) is 170 cm³/mol. The van der Waals surface area contributed by atoms with Crippen LogP contribution in [0.4, 0.5) is 0 Å². The molecule has 4 heterocycles. The zero-order valence-electron chi connectivity index (χ0n) is 26.2. The van der Waals surface area contributed by atoms with Crippen molar-refractivity contribution in [3.63, 3.8) is 0 Å². The van der Waals surface area contributed by atoms with E-state index >= 15 is 0 Å². The van der Waals surface area contributed by atoms with Gasteiger partial charge in [0.2, 0.25) is 29.5 Å². The van der Waals surface area contributed by atoms with Gasteiger partial charge in [-0.1, -0.05) is 47.7 Å². The topological polar surface area (TPSA) is 165 Å². The Morgan fingerprint density at radius 3 is 2.53 bits per heavy atom. The standard InChI is InChI=1S/C33H37N9O5/c1-47-32-26(35-24-10-5-6-11-25(24)37-32)13-14-30(44)40-16-17-42-28(21-40)31(45)34-19-23-20-41(39-38-23)15-7-12-29(43)36-27(33(42)46)18-22-8-3-2-4-9-22/h2-6,8-11,20,27-28H,7,12-19,21H2,1H3,(H,34,45)(H,36,43)/t27-,28+/m0/s1. The number of hydrogen-bond donors (Lipinski definition) is 2. The van der Waals surface area contributed by atoms with Crippen LogP contribution in [0.25, 0.3) is 11.0 Å². The number of aromatic nitrogens is 5. The van der Waals surface area contributed by atoms with E-state index in [0.29, 0.717) is 41.3 Å². The second-order valence-electron chi connectivity index (χ2n) is 11.7. The largest absolute Gasteiger partial charge is 0.480 e. The molecule has 1 fully saturated rings. The van der Waals surface area contributed by atoms with Gasteiger partial charge in [0.15, 0.2) is 0 Å². The van der Waals surface area contributed by atoms with E-state index in [4.69, 9.17) is 4.74 Å². The maximum Gasteiger partial charge on any atom is 0.246 e. The lowest BCUT2D eigenvalue weighted by Crippen LogP contribution is -2.64. The van der Waals surface area contributed by atoms with Gasteiger partial charge in [0, 0.05) is 45.3 Å². The summed E-state index contributed by atoms with van der Waals surface area (Å²) >= 11 is 0. The lowest BCUT2D eigenvalue weighted by Gasteiger charge is -2.42. The Labute approximate surface area is 271 Å². The molecule has 0 spiro atoms. The molecular weight excluding hydrogens is 602 g/mol. The van der Waals surface area contributed by atoms with Crippen LogP contribution in [-0.2, 0) is 45.1 Å². The Morgan fingerprint density at radius 2 is 1.74 bits per heavy atom. The minimum absolute atomic E-state index is 0.00433. The lowest BCUT2D eigenvalue weighted by atomic mass is 10.0. The zero-order chi connectivity index (χ0) is 32.8. The number of ether oxygens (including phenoxy) is 1. The van der Waals surface area contributed by atoms with Gasteiger partial charge in [-0.15, -0.1) is 5.10 Å². The normalized spacial score (nSPS) is 19.3. The highest BCUT2D eigenvalue weighted by molar-refractivity contribution is 5.93. The molecule has 4 amide bonds. The number of rotatable bonds is 6. The highest BCUT2D eigenvalue weighted by Gasteiger charge is 2.39. The summed E-state index contributed by atoms with van der Waals surface area (Å²) in [5.74, 6) is -0.889. The number of nitrogens with one attached hydrogen (secondary N) is 2. The molecule has 0 saturated carbocycles. The van der Waals surface area contributed by atoms with Crippen molar-refractivity contribution >= 4 is 34.7 Å². The number of fused-ring (bicyclic) bond motifs is 4. The summed E-state index contributed by atoms with van der Waals surface area (Å²) in [4.78, 5) is 66.7. The van der Waals surface area contributed by atoms with Crippen LogP contribution in [0.1, 0.15) is 36.2 Å². The van der Waals surface area contributed by atoms with Gasteiger partial charge in [0.25, 0.3) is 0 Å². The van der Waals surface area contributed by atoms with Gasteiger partial charge in [-0.05, 0) is 24.1 Å². The zero-order valence-corrected chi connectivity index (χ0v) is 26.2.